The predicted molar refractivity (Wildman–Crippen MR) is 242 cm³/mol. The largest absolute Gasteiger partial charge is 0.309 e. The summed E-state index contributed by atoms with van der Waals surface area (Å²) in [5, 5.41) is 7.54. The highest BCUT2D eigenvalue weighted by Gasteiger charge is 2.21. The van der Waals surface area contributed by atoms with Crippen LogP contribution < -0.4 is 0 Å². The van der Waals surface area contributed by atoms with Crippen molar-refractivity contribution in [1.29, 1.82) is 0 Å². The van der Waals surface area contributed by atoms with Crippen LogP contribution in [0, 0.1) is 0 Å². The number of thiophene rings is 2. The van der Waals surface area contributed by atoms with Crippen molar-refractivity contribution < 1.29 is 0 Å². The van der Waals surface area contributed by atoms with Gasteiger partial charge in [0.15, 0.2) is 17.5 Å². The lowest BCUT2D eigenvalue weighted by atomic mass is 9.97. The number of hydrogen-bond acceptors (Lipinski definition) is 5. The molecule has 0 unspecified atom stereocenters. The van der Waals surface area contributed by atoms with Crippen molar-refractivity contribution in [2.45, 2.75) is 0 Å². The van der Waals surface area contributed by atoms with Crippen LogP contribution in [0.15, 0.2) is 182 Å². The highest BCUT2D eigenvalue weighted by molar-refractivity contribution is 7.30. The van der Waals surface area contributed by atoms with E-state index < -0.39 is 0 Å². The van der Waals surface area contributed by atoms with Crippen LogP contribution in [-0.2, 0) is 0 Å². The van der Waals surface area contributed by atoms with E-state index in [4.69, 9.17) is 15.0 Å². The van der Waals surface area contributed by atoms with E-state index in [9.17, 15) is 0 Å². The standard InChI is InChI=1S/C51H30N4S2/c1-4-14-31(15-5-1)49-52-50(32-16-6-2-7-17-32)54-51(53-49)41-30-34(29-40-46-45(57-47(40)41)27-25-38-37-21-11-13-23-44(37)56-48(38)46)33-24-26-43-39(28-33)36-20-10-12-22-42(36)55(43)35-18-8-3-9-19-35/h1-30H. The maximum absolute atomic E-state index is 5.26. The maximum Gasteiger partial charge on any atom is 0.165 e. The number of benzene rings is 8. The average Bonchev–Trinajstić information content (AvgIpc) is 3.96. The Balaban J connectivity index is 1.17. The van der Waals surface area contributed by atoms with Crippen LogP contribution in [0.2, 0.25) is 0 Å². The summed E-state index contributed by atoms with van der Waals surface area (Å²) in [6, 6.07) is 64.8. The monoisotopic (exact) mass is 762 g/mol. The molecule has 0 aliphatic rings. The first-order chi connectivity index (χ1) is 28.2. The lowest BCUT2D eigenvalue weighted by Gasteiger charge is -2.12. The van der Waals surface area contributed by atoms with Crippen LogP contribution in [0.4, 0.5) is 0 Å². The quantitative estimate of drug-likeness (QED) is 0.175. The third-order valence-electron chi connectivity index (χ3n) is 11.0. The van der Waals surface area contributed by atoms with Gasteiger partial charge in [0.05, 0.1) is 11.0 Å². The van der Waals surface area contributed by atoms with Gasteiger partial charge in [0, 0.05) is 73.5 Å². The Kier molecular flexibility index (Phi) is 7.24. The molecule has 0 atom stereocenters. The molecule has 12 rings (SSSR count). The maximum atomic E-state index is 5.26. The van der Waals surface area contributed by atoms with E-state index in [-0.39, 0.29) is 0 Å². The second-order valence-corrected chi connectivity index (χ2v) is 16.5. The zero-order chi connectivity index (χ0) is 37.5. The van der Waals surface area contributed by atoms with Crippen molar-refractivity contribution in [2.75, 3.05) is 0 Å². The van der Waals surface area contributed by atoms with Crippen LogP contribution in [0.5, 0.6) is 0 Å². The third-order valence-corrected chi connectivity index (χ3v) is 13.4. The Bertz CT molecular complexity index is 3450. The van der Waals surface area contributed by atoms with Crippen molar-refractivity contribution in [2.24, 2.45) is 0 Å². The molecule has 4 aromatic heterocycles. The number of nitrogens with zero attached hydrogens (tertiary/aromatic N) is 4. The van der Waals surface area contributed by atoms with Gasteiger partial charge in [-0.2, -0.15) is 0 Å². The van der Waals surface area contributed by atoms with Crippen molar-refractivity contribution in [3.63, 3.8) is 0 Å². The summed E-state index contributed by atoms with van der Waals surface area (Å²) >= 11 is 3.70. The Hall–Kier alpha value is -6.99. The van der Waals surface area contributed by atoms with E-state index in [1.807, 2.05) is 59.1 Å². The topological polar surface area (TPSA) is 43.6 Å². The number of aromatic nitrogens is 4. The number of hydrogen-bond donors (Lipinski definition) is 0. The molecule has 4 heterocycles. The fraction of sp³-hybridized carbons (Fsp3) is 0. The number of para-hydroxylation sites is 2. The van der Waals surface area contributed by atoms with E-state index >= 15 is 0 Å². The third kappa shape index (κ3) is 5.15. The molecule has 12 aromatic rings. The smallest absolute Gasteiger partial charge is 0.165 e. The summed E-state index contributed by atoms with van der Waals surface area (Å²) in [7, 11) is 0. The van der Waals surface area contributed by atoms with Gasteiger partial charge in [0.25, 0.3) is 0 Å². The van der Waals surface area contributed by atoms with E-state index in [0.717, 1.165) is 33.5 Å². The Morgan fingerprint density at radius 3 is 1.70 bits per heavy atom. The van der Waals surface area contributed by atoms with Crippen LogP contribution in [-0.4, -0.2) is 19.5 Å². The van der Waals surface area contributed by atoms with Crippen molar-refractivity contribution in [3.8, 4) is 51.0 Å². The molecule has 0 amide bonds. The number of fused-ring (bicyclic) bond motifs is 10. The summed E-state index contributed by atoms with van der Waals surface area (Å²) < 4.78 is 7.41. The predicted octanol–water partition coefficient (Wildman–Crippen LogP) is 14.4. The molecule has 0 spiro atoms. The molecule has 0 aliphatic heterocycles. The minimum absolute atomic E-state index is 0.654. The molecule has 0 bridgehead atoms. The Morgan fingerprint density at radius 2 is 0.947 bits per heavy atom. The van der Waals surface area contributed by atoms with E-state index in [1.165, 1.54) is 62.2 Å². The molecular weight excluding hydrogens is 733 g/mol. The minimum atomic E-state index is 0.654. The normalized spacial score (nSPS) is 11.9. The molecule has 0 N–H and O–H groups in total. The van der Waals surface area contributed by atoms with Gasteiger partial charge < -0.3 is 4.57 Å². The minimum Gasteiger partial charge on any atom is -0.309 e. The summed E-state index contributed by atoms with van der Waals surface area (Å²) in [6.07, 6.45) is 0. The summed E-state index contributed by atoms with van der Waals surface area (Å²) in [5.74, 6) is 1.97. The fourth-order valence-electron chi connectivity index (χ4n) is 8.41. The highest BCUT2D eigenvalue weighted by atomic mass is 32.1. The van der Waals surface area contributed by atoms with E-state index in [0.29, 0.717) is 17.5 Å². The van der Waals surface area contributed by atoms with Crippen molar-refractivity contribution in [3.05, 3.63) is 182 Å². The zero-order valence-electron chi connectivity index (χ0n) is 30.4. The molecule has 0 aliphatic carbocycles. The second kappa shape index (κ2) is 12.8. The van der Waals surface area contributed by atoms with Gasteiger partial charge in [-0.1, -0.05) is 127 Å². The average molecular weight is 763 g/mol. The first-order valence-electron chi connectivity index (χ1n) is 19.0. The molecular formula is C51H30N4S2. The number of rotatable bonds is 5. The van der Waals surface area contributed by atoms with Gasteiger partial charge in [-0.25, -0.2) is 15.0 Å². The van der Waals surface area contributed by atoms with Crippen molar-refractivity contribution in [1.82, 2.24) is 19.5 Å². The molecule has 0 fully saturated rings. The molecule has 8 aromatic carbocycles. The Morgan fingerprint density at radius 1 is 0.351 bits per heavy atom. The molecule has 0 saturated carbocycles. The van der Waals surface area contributed by atoms with Gasteiger partial charge in [-0.15, -0.1) is 22.7 Å². The summed E-state index contributed by atoms with van der Waals surface area (Å²) in [5.41, 5.74) is 8.69. The highest BCUT2D eigenvalue weighted by Crippen LogP contribution is 2.48. The van der Waals surface area contributed by atoms with Crippen LogP contribution in [0.3, 0.4) is 0 Å². The lowest BCUT2D eigenvalue weighted by molar-refractivity contribution is 1.08. The van der Waals surface area contributed by atoms with Gasteiger partial charge in [-0.3, -0.25) is 0 Å². The molecule has 4 nitrogen and oxygen atoms in total. The SMILES string of the molecule is c1ccc(-c2nc(-c3ccccc3)nc(-c3cc(-c4ccc5c(c4)c4ccccc4n5-c4ccccc4)cc4c3sc3ccc5c6ccccc6sc5c34)n2)cc1. The Labute approximate surface area is 335 Å². The first-order valence-corrected chi connectivity index (χ1v) is 20.7. The molecule has 0 radical (unpaired) electrons. The molecule has 0 saturated heterocycles. The van der Waals surface area contributed by atoms with Crippen molar-refractivity contribution >= 4 is 84.8 Å². The van der Waals surface area contributed by atoms with E-state index in [2.05, 4.69) is 150 Å². The van der Waals surface area contributed by atoms with Crippen LogP contribution in [0.1, 0.15) is 0 Å². The fourth-order valence-corrected chi connectivity index (χ4v) is 10.9. The zero-order valence-corrected chi connectivity index (χ0v) is 32.1. The van der Waals surface area contributed by atoms with Gasteiger partial charge in [-0.05, 0) is 65.7 Å². The van der Waals surface area contributed by atoms with E-state index in [1.54, 1.807) is 0 Å². The van der Waals surface area contributed by atoms with Gasteiger partial charge in [0.1, 0.15) is 0 Å². The second-order valence-electron chi connectivity index (χ2n) is 14.4. The molecule has 6 heteroatoms. The van der Waals surface area contributed by atoms with Gasteiger partial charge in [0.2, 0.25) is 0 Å². The summed E-state index contributed by atoms with van der Waals surface area (Å²) in [6.45, 7) is 0. The summed E-state index contributed by atoms with van der Waals surface area (Å²) in [4.78, 5) is 15.6. The first kappa shape index (κ1) is 32.3. The molecule has 266 valence electrons. The van der Waals surface area contributed by atoms with Crippen LogP contribution >= 0.6 is 22.7 Å². The molecule has 57 heavy (non-hydrogen) atoms. The van der Waals surface area contributed by atoms with Gasteiger partial charge >= 0.3 is 0 Å². The lowest BCUT2D eigenvalue weighted by Crippen LogP contribution is -2.00. The van der Waals surface area contributed by atoms with Crippen LogP contribution in [0.25, 0.3) is 113 Å².